The van der Waals surface area contributed by atoms with Crippen LogP contribution >= 0.6 is 0 Å². The van der Waals surface area contributed by atoms with E-state index in [0.29, 0.717) is 17.8 Å². The number of carbonyl (C=O) groups excluding carboxylic acids is 1. The van der Waals surface area contributed by atoms with Gasteiger partial charge in [0, 0.05) is 29.8 Å². The first-order valence-corrected chi connectivity index (χ1v) is 9.96. The van der Waals surface area contributed by atoms with Crippen molar-refractivity contribution in [2.24, 2.45) is 5.84 Å². The highest BCUT2D eigenvalue weighted by molar-refractivity contribution is 6.06. The van der Waals surface area contributed by atoms with Crippen LogP contribution in [0.2, 0.25) is 0 Å². The molecule has 0 spiro atoms. The number of ketones is 1. The monoisotopic (exact) mass is 410 g/mol. The first kappa shape index (κ1) is 18.9. The Hall–Kier alpha value is -4.10. The number of carbonyl (C=O) groups is 1. The van der Waals surface area contributed by atoms with Crippen molar-refractivity contribution < 1.29 is 4.79 Å². The molecule has 0 aliphatic heterocycles. The van der Waals surface area contributed by atoms with E-state index in [0.717, 1.165) is 44.3 Å². The Morgan fingerprint density at radius 2 is 1.84 bits per heavy atom. The molecule has 7 nitrogen and oxygen atoms in total. The van der Waals surface area contributed by atoms with Gasteiger partial charge in [-0.25, -0.2) is 10.8 Å². The Morgan fingerprint density at radius 3 is 2.58 bits per heavy atom. The number of anilines is 2. The first-order chi connectivity index (χ1) is 15.0. The molecule has 0 aliphatic carbocycles. The normalized spacial score (nSPS) is 11.3. The Balaban J connectivity index is 1.52. The SMILES string of the molecule is CN(N)c1ccc(-c2[nH][nH]c3cc4nc(C(=O)Cc5ccccc5)cc4cc23)cc1N. The molecule has 0 atom stereocenters. The highest BCUT2D eigenvalue weighted by Crippen LogP contribution is 2.33. The van der Waals surface area contributed by atoms with E-state index < -0.39 is 0 Å². The molecule has 0 unspecified atom stereocenters. The van der Waals surface area contributed by atoms with Crippen LogP contribution in [0.25, 0.3) is 33.1 Å². The number of hydrogen-bond donors (Lipinski definition) is 4. The summed E-state index contributed by atoms with van der Waals surface area (Å²) >= 11 is 0. The van der Waals surface area contributed by atoms with Crippen LogP contribution in [0.5, 0.6) is 0 Å². The third kappa shape index (κ3) is 3.41. The fourth-order valence-electron chi connectivity index (χ4n) is 3.91. The van der Waals surface area contributed by atoms with Gasteiger partial charge in [0.1, 0.15) is 5.69 Å². The molecule has 2 aromatic heterocycles. The van der Waals surface area contributed by atoms with Crippen LogP contribution in [-0.2, 0) is 6.42 Å². The number of nitrogens with two attached hydrogens (primary N) is 2. The van der Waals surface area contributed by atoms with Gasteiger partial charge in [-0.05, 0) is 35.9 Å². The van der Waals surface area contributed by atoms with Crippen molar-refractivity contribution in [3.63, 3.8) is 0 Å². The maximum Gasteiger partial charge on any atom is 0.185 e. The van der Waals surface area contributed by atoms with E-state index in [9.17, 15) is 4.79 Å². The van der Waals surface area contributed by atoms with E-state index in [2.05, 4.69) is 15.2 Å². The largest absolute Gasteiger partial charge is 0.397 e. The summed E-state index contributed by atoms with van der Waals surface area (Å²) in [6.07, 6.45) is 0.336. The quantitative estimate of drug-likeness (QED) is 0.151. The number of hydrazine groups is 1. The summed E-state index contributed by atoms with van der Waals surface area (Å²) in [5, 5.41) is 9.82. The summed E-state index contributed by atoms with van der Waals surface area (Å²) in [5.74, 6) is 5.82. The lowest BCUT2D eigenvalue weighted by atomic mass is 10.0. The molecule has 2 heterocycles. The van der Waals surface area contributed by atoms with Crippen molar-refractivity contribution in [3.05, 3.63) is 78.0 Å². The predicted octanol–water partition coefficient (Wildman–Crippen LogP) is 4.03. The third-order valence-corrected chi connectivity index (χ3v) is 5.48. The number of aromatic nitrogens is 3. The van der Waals surface area contributed by atoms with Crippen LogP contribution in [0.3, 0.4) is 0 Å². The Morgan fingerprint density at radius 1 is 1.03 bits per heavy atom. The van der Waals surface area contributed by atoms with Crippen LogP contribution in [0.4, 0.5) is 11.4 Å². The molecule has 0 saturated heterocycles. The molecule has 0 radical (unpaired) electrons. The molecule has 7 heteroatoms. The van der Waals surface area contributed by atoms with Gasteiger partial charge in [-0.1, -0.05) is 36.4 Å². The molecule has 0 bridgehead atoms. The number of H-pyrrole nitrogens is 2. The Kier molecular flexibility index (Phi) is 4.45. The van der Waals surface area contributed by atoms with E-state index in [1.165, 1.54) is 5.01 Å². The molecule has 6 N–H and O–H groups in total. The molecule has 5 aromatic rings. The molecule has 0 amide bonds. The molecule has 0 fully saturated rings. The standard InChI is InChI=1S/C24H22N6O/c1-30(26)22-8-7-15(11-18(22)25)24-17-10-16-12-21(27-19(16)13-20(17)28-29-24)23(31)9-14-5-3-2-4-6-14/h2-8,10-13,28-29H,9,25-26H2,1H3. The molecule has 3 aromatic carbocycles. The molecule has 0 aliphatic rings. The number of benzene rings is 3. The molecule has 0 saturated carbocycles. The lowest BCUT2D eigenvalue weighted by molar-refractivity contribution is 0.0989. The number of nitrogens with one attached hydrogen (secondary N) is 2. The topological polar surface area (TPSA) is 117 Å². The zero-order chi connectivity index (χ0) is 21.5. The van der Waals surface area contributed by atoms with Crippen molar-refractivity contribution in [2.75, 3.05) is 17.8 Å². The molecule has 154 valence electrons. The molecular weight excluding hydrogens is 388 g/mol. The number of nitrogen functional groups attached to an aromatic ring is 1. The first-order valence-electron chi connectivity index (χ1n) is 9.96. The molecule has 31 heavy (non-hydrogen) atoms. The highest BCUT2D eigenvalue weighted by atomic mass is 16.1. The average molecular weight is 410 g/mol. The zero-order valence-electron chi connectivity index (χ0n) is 17.0. The van der Waals surface area contributed by atoms with Gasteiger partial charge in [0.2, 0.25) is 0 Å². The van der Waals surface area contributed by atoms with Crippen LogP contribution < -0.4 is 16.6 Å². The Bertz CT molecular complexity index is 1410. The number of Topliss-reactive ketones (excluding diaryl/α,β-unsaturated/α-hetero) is 1. The van der Waals surface area contributed by atoms with Crippen LogP contribution in [0.1, 0.15) is 16.1 Å². The predicted molar refractivity (Wildman–Crippen MR) is 125 cm³/mol. The van der Waals surface area contributed by atoms with Crippen molar-refractivity contribution in [1.82, 2.24) is 15.2 Å². The lowest BCUT2D eigenvalue weighted by Gasteiger charge is -2.15. The average Bonchev–Trinajstić information content (AvgIpc) is 3.35. The second-order valence-electron chi connectivity index (χ2n) is 7.69. The van der Waals surface area contributed by atoms with Crippen LogP contribution in [0.15, 0.2) is 66.7 Å². The smallest absolute Gasteiger partial charge is 0.185 e. The maximum atomic E-state index is 12.7. The third-order valence-electron chi connectivity index (χ3n) is 5.48. The number of fused-ring (bicyclic) bond motifs is 2. The summed E-state index contributed by atoms with van der Waals surface area (Å²) in [6, 6.07) is 21.3. The van der Waals surface area contributed by atoms with Crippen molar-refractivity contribution in [2.45, 2.75) is 6.42 Å². The summed E-state index contributed by atoms with van der Waals surface area (Å²) in [4.78, 5) is 17.3. The van der Waals surface area contributed by atoms with E-state index in [1.807, 2.05) is 66.7 Å². The van der Waals surface area contributed by atoms with Gasteiger partial charge in [0.25, 0.3) is 0 Å². The van der Waals surface area contributed by atoms with Gasteiger partial charge in [0.15, 0.2) is 5.78 Å². The lowest BCUT2D eigenvalue weighted by Crippen LogP contribution is -2.25. The maximum absolute atomic E-state index is 12.7. The van der Waals surface area contributed by atoms with E-state index in [1.54, 1.807) is 7.05 Å². The zero-order valence-corrected chi connectivity index (χ0v) is 17.0. The minimum atomic E-state index is 0.00659. The highest BCUT2D eigenvalue weighted by Gasteiger charge is 2.15. The molecule has 5 rings (SSSR count). The summed E-state index contributed by atoms with van der Waals surface area (Å²) in [6.45, 7) is 0. The second-order valence-corrected chi connectivity index (χ2v) is 7.69. The minimum Gasteiger partial charge on any atom is -0.397 e. The number of rotatable bonds is 5. The minimum absolute atomic E-state index is 0.00659. The van der Waals surface area contributed by atoms with Crippen molar-refractivity contribution in [3.8, 4) is 11.3 Å². The second kappa shape index (κ2) is 7.30. The van der Waals surface area contributed by atoms with Gasteiger partial charge in [-0.2, -0.15) is 0 Å². The van der Waals surface area contributed by atoms with Crippen LogP contribution in [-0.4, -0.2) is 28.0 Å². The van der Waals surface area contributed by atoms with Crippen molar-refractivity contribution >= 4 is 39.0 Å². The van der Waals surface area contributed by atoms with Gasteiger partial charge in [-0.3, -0.25) is 9.89 Å². The van der Waals surface area contributed by atoms with E-state index >= 15 is 0 Å². The van der Waals surface area contributed by atoms with Crippen molar-refractivity contribution in [1.29, 1.82) is 0 Å². The number of nitrogens with zero attached hydrogens (tertiary/aromatic N) is 2. The van der Waals surface area contributed by atoms with Crippen LogP contribution in [0, 0.1) is 0 Å². The van der Waals surface area contributed by atoms with Gasteiger partial charge in [-0.15, -0.1) is 0 Å². The van der Waals surface area contributed by atoms with Gasteiger partial charge >= 0.3 is 0 Å². The fraction of sp³-hybridized carbons (Fsp3) is 0.0833. The number of aromatic amines is 2. The van der Waals surface area contributed by atoms with E-state index in [-0.39, 0.29) is 5.78 Å². The summed E-state index contributed by atoms with van der Waals surface area (Å²) < 4.78 is 0. The van der Waals surface area contributed by atoms with Gasteiger partial charge in [0.05, 0.1) is 28.1 Å². The fourth-order valence-corrected chi connectivity index (χ4v) is 3.91. The Labute approximate surface area is 178 Å². The number of hydrogen-bond acceptors (Lipinski definition) is 5. The summed E-state index contributed by atoms with van der Waals surface area (Å²) in [7, 11) is 1.75. The van der Waals surface area contributed by atoms with Gasteiger partial charge < -0.3 is 15.8 Å². The summed E-state index contributed by atoms with van der Waals surface area (Å²) in [5.41, 5.74) is 12.5. The van der Waals surface area contributed by atoms with E-state index in [4.69, 9.17) is 11.6 Å². The molecular formula is C24H22N6O.